The fraction of sp³-hybridized carbons (Fsp3) is 0.235. The molecule has 2 unspecified atom stereocenters. The van der Waals surface area contributed by atoms with Crippen LogP contribution in [0.25, 0.3) is 10.8 Å². The summed E-state index contributed by atoms with van der Waals surface area (Å²) in [5.41, 5.74) is 1.14. The fourth-order valence-electron chi connectivity index (χ4n) is 2.97. The van der Waals surface area contributed by atoms with Gasteiger partial charge in [-0.1, -0.05) is 36.4 Å². The molecule has 1 aliphatic rings. The van der Waals surface area contributed by atoms with Crippen LogP contribution in [0.4, 0.5) is 0 Å². The molecular weight excluding hydrogens is 280 g/mol. The van der Waals surface area contributed by atoms with Gasteiger partial charge in [0.15, 0.2) is 0 Å². The molecule has 5 nitrogen and oxygen atoms in total. The van der Waals surface area contributed by atoms with Gasteiger partial charge in [0.25, 0.3) is 5.91 Å². The Labute approximate surface area is 127 Å². The molecule has 0 radical (unpaired) electrons. The lowest BCUT2D eigenvalue weighted by molar-refractivity contribution is -0.145. The molecule has 1 amide bonds. The molecular formula is C17H14N2O3. The second-order valence-electron chi connectivity index (χ2n) is 5.19. The number of hydrogen-bond donors (Lipinski definition) is 0. The van der Waals surface area contributed by atoms with E-state index >= 15 is 0 Å². The van der Waals surface area contributed by atoms with Gasteiger partial charge in [-0.25, -0.2) is 4.79 Å². The highest BCUT2D eigenvalue weighted by atomic mass is 16.5. The van der Waals surface area contributed by atoms with Gasteiger partial charge in [0.1, 0.15) is 12.1 Å². The summed E-state index contributed by atoms with van der Waals surface area (Å²) in [6, 6.07) is 11.7. The number of methoxy groups -OCH3 is 1. The molecule has 0 fully saturated rings. The number of amides is 1. The molecule has 1 aliphatic heterocycles. The quantitative estimate of drug-likeness (QED) is 0.798. The number of ether oxygens (including phenoxy) is 1. The maximum Gasteiger partial charge on any atom is 0.328 e. The van der Waals surface area contributed by atoms with Crippen molar-refractivity contribution in [3.05, 3.63) is 47.5 Å². The molecule has 0 saturated carbocycles. The fourth-order valence-corrected chi connectivity index (χ4v) is 2.97. The Bertz CT molecular complexity index is 822. The summed E-state index contributed by atoms with van der Waals surface area (Å²) < 4.78 is 4.71. The van der Waals surface area contributed by atoms with Gasteiger partial charge in [-0.2, -0.15) is 5.26 Å². The highest BCUT2D eigenvalue weighted by Gasteiger charge is 2.43. The Hall–Kier alpha value is -2.87. The van der Waals surface area contributed by atoms with E-state index < -0.39 is 18.1 Å². The first-order valence-electron chi connectivity index (χ1n) is 6.92. The third kappa shape index (κ3) is 1.85. The van der Waals surface area contributed by atoms with E-state index in [1.165, 1.54) is 12.0 Å². The summed E-state index contributed by atoms with van der Waals surface area (Å²) in [5.74, 6) is -0.845. The molecule has 0 spiro atoms. The molecule has 0 saturated heterocycles. The zero-order valence-corrected chi connectivity index (χ0v) is 12.2. The normalized spacial score (nSPS) is 18.0. The SMILES string of the molecule is COC(=O)C(C)N1C(=O)c2c(ccc3ccccc23)C1C#N. The minimum atomic E-state index is -0.812. The number of fused-ring (bicyclic) bond motifs is 3. The average molecular weight is 294 g/mol. The van der Waals surface area contributed by atoms with E-state index in [0.717, 1.165) is 10.8 Å². The van der Waals surface area contributed by atoms with E-state index in [9.17, 15) is 14.9 Å². The Morgan fingerprint density at radius 3 is 2.73 bits per heavy atom. The number of carbonyl (C=O) groups excluding carboxylic acids is 2. The van der Waals surface area contributed by atoms with Crippen LogP contribution in [0, 0.1) is 11.3 Å². The summed E-state index contributed by atoms with van der Waals surface area (Å²) in [6.45, 7) is 1.57. The maximum absolute atomic E-state index is 12.8. The first-order valence-corrected chi connectivity index (χ1v) is 6.92. The van der Waals surface area contributed by atoms with Crippen molar-refractivity contribution in [3.8, 4) is 6.07 Å². The van der Waals surface area contributed by atoms with Gasteiger partial charge in [0, 0.05) is 5.56 Å². The van der Waals surface area contributed by atoms with Crippen molar-refractivity contribution < 1.29 is 14.3 Å². The lowest BCUT2D eigenvalue weighted by Gasteiger charge is -2.25. The number of nitrogens with zero attached hydrogens (tertiary/aromatic N) is 2. The van der Waals surface area contributed by atoms with Crippen LogP contribution < -0.4 is 0 Å². The average Bonchev–Trinajstić information content (AvgIpc) is 2.85. The Kier molecular flexibility index (Phi) is 3.30. The highest BCUT2D eigenvalue weighted by molar-refractivity contribution is 6.12. The lowest BCUT2D eigenvalue weighted by atomic mass is 9.98. The molecule has 0 bridgehead atoms. The zero-order valence-electron chi connectivity index (χ0n) is 12.2. The van der Waals surface area contributed by atoms with Crippen LogP contribution >= 0.6 is 0 Å². The van der Waals surface area contributed by atoms with Crippen LogP contribution in [0.15, 0.2) is 36.4 Å². The minimum absolute atomic E-state index is 0.309. The van der Waals surface area contributed by atoms with Crippen molar-refractivity contribution in [1.82, 2.24) is 4.90 Å². The van der Waals surface area contributed by atoms with Crippen molar-refractivity contribution in [3.63, 3.8) is 0 Å². The van der Waals surface area contributed by atoms with Crippen LogP contribution in [-0.4, -0.2) is 29.9 Å². The van der Waals surface area contributed by atoms with Crippen molar-refractivity contribution in [2.75, 3.05) is 7.11 Å². The Morgan fingerprint density at radius 2 is 2.05 bits per heavy atom. The van der Waals surface area contributed by atoms with Gasteiger partial charge in [-0.05, 0) is 17.7 Å². The molecule has 110 valence electrons. The third-order valence-electron chi connectivity index (χ3n) is 4.06. The number of carbonyl (C=O) groups is 2. The van der Waals surface area contributed by atoms with Crippen molar-refractivity contribution in [1.29, 1.82) is 5.26 Å². The first kappa shape index (κ1) is 14.1. The summed E-state index contributed by atoms with van der Waals surface area (Å²) in [5, 5.41) is 11.2. The van der Waals surface area contributed by atoms with Gasteiger partial charge in [-0.15, -0.1) is 0 Å². The molecule has 2 atom stereocenters. The molecule has 0 N–H and O–H groups in total. The molecule has 5 heteroatoms. The molecule has 3 rings (SSSR count). The van der Waals surface area contributed by atoms with Gasteiger partial charge < -0.3 is 9.64 Å². The molecule has 0 aromatic heterocycles. The monoisotopic (exact) mass is 294 g/mol. The molecule has 1 heterocycles. The topological polar surface area (TPSA) is 70.4 Å². The number of esters is 1. The first-order chi connectivity index (χ1) is 10.6. The predicted molar refractivity (Wildman–Crippen MR) is 79.9 cm³/mol. The van der Waals surface area contributed by atoms with E-state index in [2.05, 4.69) is 6.07 Å². The van der Waals surface area contributed by atoms with E-state index in [1.54, 1.807) is 13.0 Å². The number of rotatable bonds is 2. The molecule has 2 aromatic carbocycles. The largest absolute Gasteiger partial charge is 0.467 e. The van der Waals surface area contributed by atoms with E-state index in [4.69, 9.17) is 4.74 Å². The summed E-state index contributed by atoms with van der Waals surface area (Å²) in [4.78, 5) is 25.9. The number of benzene rings is 2. The van der Waals surface area contributed by atoms with Crippen LogP contribution in [0.5, 0.6) is 0 Å². The summed E-state index contributed by atoms with van der Waals surface area (Å²) in [6.07, 6.45) is 0. The third-order valence-corrected chi connectivity index (χ3v) is 4.06. The van der Waals surface area contributed by atoms with E-state index in [0.29, 0.717) is 11.1 Å². The van der Waals surface area contributed by atoms with Gasteiger partial charge >= 0.3 is 5.97 Å². The number of nitriles is 1. The van der Waals surface area contributed by atoms with E-state index in [1.807, 2.05) is 30.3 Å². The van der Waals surface area contributed by atoms with Crippen molar-refractivity contribution in [2.45, 2.75) is 19.0 Å². The second-order valence-corrected chi connectivity index (χ2v) is 5.19. The predicted octanol–water partition coefficient (Wildman–Crippen LogP) is 2.42. The maximum atomic E-state index is 12.8. The highest BCUT2D eigenvalue weighted by Crippen LogP contribution is 2.38. The number of hydrogen-bond acceptors (Lipinski definition) is 4. The van der Waals surface area contributed by atoms with Gasteiger partial charge in [0.05, 0.1) is 18.7 Å². The molecule has 0 aliphatic carbocycles. The summed E-state index contributed by atoms with van der Waals surface area (Å²) >= 11 is 0. The Balaban J connectivity index is 2.20. The van der Waals surface area contributed by atoms with Crippen LogP contribution in [-0.2, 0) is 9.53 Å². The summed E-state index contributed by atoms with van der Waals surface area (Å²) in [7, 11) is 1.27. The van der Waals surface area contributed by atoms with E-state index in [-0.39, 0.29) is 5.91 Å². The van der Waals surface area contributed by atoms with Crippen molar-refractivity contribution >= 4 is 22.6 Å². The van der Waals surface area contributed by atoms with Gasteiger partial charge in [-0.3, -0.25) is 4.79 Å². The smallest absolute Gasteiger partial charge is 0.328 e. The van der Waals surface area contributed by atoms with Gasteiger partial charge in [0.2, 0.25) is 0 Å². The lowest BCUT2D eigenvalue weighted by Crippen LogP contribution is -2.41. The Morgan fingerprint density at radius 1 is 1.32 bits per heavy atom. The second kappa shape index (κ2) is 5.15. The van der Waals surface area contributed by atoms with Crippen LogP contribution in [0.1, 0.15) is 28.9 Å². The zero-order chi connectivity index (χ0) is 15.9. The van der Waals surface area contributed by atoms with Crippen LogP contribution in [0.2, 0.25) is 0 Å². The minimum Gasteiger partial charge on any atom is -0.467 e. The molecule has 22 heavy (non-hydrogen) atoms. The van der Waals surface area contributed by atoms with Crippen molar-refractivity contribution in [2.24, 2.45) is 0 Å². The molecule has 2 aromatic rings. The standard InChI is InChI=1S/C17H14N2O3/c1-10(17(21)22-2)19-14(9-18)13-8-7-11-5-3-4-6-12(11)15(13)16(19)20/h3-8,10,14H,1-2H3. The van der Waals surface area contributed by atoms with Crippen LogP contribution in [0.3, 0.4) is 0 Å².